The lowest BCUT2D eigenvalue weighted by Gasteiger charge is -2.29. The minimum absolute atomic E-state index is 0.0329. The smallest absolute Gasteiger partial charge is 0.0681 e. The van der Waals surface area contributed by atoms with Gasteiger partial charge in [-0.25, -0.2) is 0 Å². The second kappa shape index (κ2) is 14.2. The fourth-order valence-electron chi connectivity index (χ4n) is 8.63. The van der Waals surface area contributed by atoms with Crippen molar-refractivity contribution in [1.82, 2.24) is 4.57 Å². The molecule has 0 bridgehead atoms. The fourth-order valence-corrected chi connectivity index (χ4v) is 8.63. The molecule has 0 fully saturated rings. The molecule has 0 amide bonds. The van der Waals surface area contributed by atoms with Gasteiger partial charge in [-0.05, 0) is 124 Å². The number of fused-ring (bicyclic) bond motifs is 4. The van der Waals surface area contributed by atoms with Crippen LogP contribution in [0.1, 0.15) is 37.5 Å². The van der Waals surface area contributed by atoms with Gasteiger partial charge in [-0.2, -0.15) is 0 Å². The van der Waals surface area contributed by atoms with E-state index in [0.717, 1.165) is 44.9 Å². The Labute approximate surface area is 329 Å². The Kier molecular flexibility index (Phi) is 8.88. The summed E-state index contributed by atoms with van der Waals surface area (Å²) in [6.07, 6.45) is 6.36. The Morgan fingerprint density at radius 2 is 1.20 bits per heavy atom. The first-order valence-corrected chi connectivity index (χ1v) is 19.3. The second-order valence-electron chi connectivity index (χ2n) is 15.1. The lowest BCUT2D eigenvalue weighted by atomic mass is 9.81. The molecule has 7 aromatic carbocycles. The van der Waals surface area contributed by atoms with Crippen molar-refractivity contribution in [3.05, 3.63) is 211 Å². The maximum Gasteiger partial charge on any atom is 0.0681 e. The molecule has 3 nitrogen and oxygen atoms in total. The second-order valence-corrected chi connectivity index (χ2v) is 15.1. The van der Waals surface area contributed by atoms with E-state index in [1.54, 1.807) is 0 Å². The summed E-state index contributed by atoms with van der Waals surface area (Å²) in [5.74, 6) is 0. The lowest BCUT2D eigenvalue weighted by Crippen LogP contribution is -2.17. The highest BCUT2D eigenvalue weighted by Gasteiger charge is 2.36. The number of benzene rings is 7. The number of hydrogen-bond donors (Lipinski definition) is 1. The molecule has 0 spiro atoms. The van der Waals surface area contributed by atoms with E-state index in [1.165, 1.54) is 49.7 Å². The zero-order chi connectivity index (χ0) is 38.4. The van der Waals surface area contributed by atoms with Crippen LogP contribution in [-0.2, 0) is 12.0 Å². The predicted octanol–water partition coefficient (Wildman–Crippen LogP) is 13.9. The third kappa shape index (κ3) is 5.89. The Morgan fingerprint density at radius 1 is 0.607 bits per heavy atom. The van der Waals surface area contributed by atoms with Crippen molar-refractivity contribution in [2.45, 2.75) is 32.8 Å². The van der Waals surface area contributed by atoms with Gasteiger partial charge in [-0.15, -0.1) is 0 Å². The van der Waals surface area contributed by atoms with E-state index in [4.69, 9.17) is 0 Å². The van der Waals surface area contributed by atoms with Gasteiger partial charge in [0, 0.05) is 38.9 Å². The highest BCUT2D eigenvalue weighted by molar-refractivity contribution is 6.10. The molecule has 8 aromatic rings. The summed E-state index contributed by atoms with van der Waals surface area (Å²) in [4.78, 5) is 2.37. The van der Waals surface area contributed by atoms with Crippen LogP contribution in [0, 0.1) is 0 Å². The first kappa shape index (κ1) is 35.0. The van der Waals surface area contributed by atoms with Crippen molar-refractivity contribution in [3.8, 4) is 27.9 Å². The molecule has 272 valence electrons. The molecule has 3 heteroatoms. The highest BCUT2D eigenvalue weighted by atomic mass is 16.3. The van der Waals surface area contributed by atoms with Crippen LogP contribution in [-0.4, -0.2) is 9.67 Å². The number of allylic oxidation sites excluding steroid dienone is 5. The first-order chi connectivity index (χ1) is 27.4. The van der Waals surface area contributed by atoms with E-state index in [1.807, 2.05) is 18.2 Å². The van der Waals surface area contributed by atoms with E-state index in [2.05, 4.69) is 201 Å². The van der Waals surface area contributed by atoms with E-state index in [0.29, 0.717) is 0 Å². The molecule has 1 aromatic heterocycles. The van der Waals surface area contributed by atoms with Crippen molar-refractivity contribution in [3.63, 3.8) is 0 Å². The van der Waals surface area contributed by atoms with Crippen LogP contribution >= 0.6 is 0 Å². The number of aliphatic hydroxyl groups excluding tert-OH is 1. The van der Waals surface area contributed by atoms with Crippen LogP contribution in [0.5, 0.6) is 0 Å². The maximum atomic E-state index is 9.63. The largest absolute Gasteiger partial charge is 0.392 e. The standard InChI is InChI=1S/C53H44N2O/c1-5-12-45-46-31-30-44(34-50(46)53(3,4)49(45)6-2)54(41-26-19-38(20-27-41)37-13-8-7-9-14-37)42-28-21-39(22-29-42)40-23-32-52-48(33-40)47-15-10-11-16-51(47)55(52)43-24-17-36(35-56)18-25-43/h5-34,56H,2,35H2,1,3-4H3/b12-5-. The number of rotatable bonds is 9. The van der Waals surface area contributed by atoms with Gasteiger partial charge >= 0.3 is 0 Å². The molecule has 0 atom stereocenters. The summed E-state index contributed by atoms with van der Waals surface area (Å²) in [7, 11) is 0. The van der Waals surface area contributed by atoms with Crippen molar-refractivity contribution in [2.24, 2.45) is 0 Å². The zero-order valence-corrected chi connectivity index (χ0v) is 32.1. The zero-order valence-electron chi connectivity index (χ0n) is 32.1. The molecule has 56 heavy (non-hydrogen) atoms. The van der Waals surface area contributed by atoms with Crippen molar-refractivity contribution < 1.29 is 5.11 Å². The van der Waals surface area contributed by atoms with Crippen LogP contribution in [0.4, 0.5) is 17.1 Å². The number of anilines is 3. The van der Waals surface area contributed by atoms with Crippen LogP contribution < -0.4 is 4.90 Å². The molecule has 0 saturated carbocycles. The van der Waals surface area contributed by atoms with E-state index >= 15 is 0 Å². The molecule has 0 radical (unpaired) electrons. The summed E-state index contributed by atoms with van der Waals surface area (Å²) < 4.78 is 2.31. The number of aliphatic hydroxyl groups is 1. The third-order valence-corrected chi connectivity index (χ3v) is 11.5. The van der Waals surface area contributed by atoms with Crippen molar-refractivity contribution >= 4 is 44.4 Å². The number of nitrogens with zero attached hydrogens (tertiary/aromatic N) is 2. The minimum Gasteiger partial charge on any atom is -0.392 e. The van der Waals surface area contributed by atoms with Gasteiger partial charge in [0.25, 0.3) is 0 Å². The average Bonchev–Trinajstić information content (AvgIpc) is 3.69. The van der Waals surface area contributed by atoms with Crippen LogP contribution in [0.25, 0.3) is 55.3 Å². The van der Waals surface area contributed by atoms with Gasteiger partial charge in [0.2, 0.25) is 0 Å². The molecular weight excluding hydrogens is 681 g/mol. The number of hydrogen-bond acceptors (Lipinski definition) is 2. The maximum absolute atomic E-state index is 9.63. The normalized spacial score (nSPS) is 13.5. The highest BCUT2D eigenvalue weighted by Crippen LogP contribution is 2.49. The molecule has 1 aliphatic carbocycles. The van der Waals surface area contributed by atoms with Crippen molar-refractivity contribution in [2.75, 3.05) is 4.90 Å². The Hall–Kier alpha value is -6.68. The SMILES string of the molecule is C=CC1=C(/C=C\C)c2ccc(N(c3ccc(-c4ccccc4)cc3)c3ccc(-c4ccc5c(c4)c4ccccc4n5-c4ccc(CO)cc4)cc3)cc2C1(C)C. The molecule has 1 heterocycles. The topological polar surface area (TPSA) is 28.4 Å². The van der Waals surface area contributed by atoms with Gasteiger partial charge < -0.3 is 14.6 Å². The van der Waals surface area contributed by atoms with E-state index < -0.39 is 0 Å². The summed E-state index contributed by atoms with van der Waals surface area (Å²) in [6, 6.07) is 58.9. The summed E-state index contributed by atoms with van der Waals surface area (Å²) >= 11 is 0. The molecule has 0 aliphatic heterocycles. The molecule has 1 N–H and O–H groups in total. The van der Waals surface area contributed by atoms with Crippen LogP contribution in [0.2, 0.25) is 0 Å². The van der Waals surface area contributed by atoms with Gasteiger partial charge in [0.15, 0.2) is 0 Å². The average molecular weight is 725 g/mol. The fraction of sp³-hybridized carbons (Fsp3) is 0.0943. The summed E-state index contributed by atoms with van der Waals surface area (Å²) in [5.41, 5.74) is 17.2. The van der Waals surface area contributed by atoms with Gasteiger partial charge in [0.05, 0.1) is 17.6 Å². The molecule has 0 unspecified atom stereocenters. The Balaban J connectivity index is 1.13. The Bertz CT molecular complexity index is 2800. The van der Waals surface area contributed by atoms with Crippen LogP contribution in [0.3, 0.4) is 0 Å². The summed E-state index contributed by atoms with van der Waals surface area (Å²) in [5, 5.41) is 12.1. The first-order valence-electron chi connectivity index (χ1n) is 19.3. The lowest BCUT2D eigenvalue weighted by molar-refractivity contribution is 0.282. The molecule has 9 rings (SSSR count). The minimum atomic E-state index is -0.181. The quantitative estimate of drug-likeness (QED) is 0.161. The predicted molar refractivity (Wildman–Crippen MR) is 237 cm³/mol. The molecule has 1 aliphatic rings. The monoisotopic (exact) mass is 724 g/mol. The summed E-state index contributed by atoms with van der Waals surface area (Å²) in [6.45, 7) is 10.9. The van der Waals surface area contributed by atoms with Crippen molar-refractivity contribution in [1.29, 1.82) is 0 Å². The van der Waals surface area contributed by atoms with E-state index in [-0.39, 0.29) is 12.0 Å². The van der Waals surface area contributed by atoms with Gasteiger partial charge in [-0.1, -0.05) is 136 Å². The third-order valence-electron chi connectivity index (χ3n) is 11.5. The van der Waals surface area contributed by atoms with E-state index in [9.17, 15) is 5.11 Å². The van der Waals surface area contributed by atoms with Gasteiger partial charge in [-0.3, -0.25) is 0 Å². The van der Waals surface area contributed by atoms with Gasteiger partial charge in [0.1, 0.15) is 0 Å². The van der Waals surface area contributed by atoms with Crippen LogP contribution in [0.15, 0.2) is 194 Å². The molecule has 0 saturated heterocycles. The molecular formula is C53H44N2O. The number of para-hydroxylation sites is 1. The Morgan fingerprint density at radius 3 is 1.86 bits per heavy atom. The number of aromatic nitrogens is 1.